The van der Waals surface area contributed by atoms with Crippen LogP contribution in [0.4, 0.5) is 5.95 Å². The number of anilines is 1. The molecule has 1 aliphatic carbocycles. The van der Waals surface area contributed by atoms with Gasteiger partial charge in [0.25, 0.3) is 0 Å². The summed E-state index contributed by atoms with van der Waals surface area (Å²) in [5.74, 6) is 1.13. The Kier molecular flexibility index (Phi) is 4.77. The number of aryl methyl sites for hydroxylation is 1. The van der Waals surface area contributed by atoms with E-state index in [1.807, 2.05) is 33.8 Å². The number of rotatable bonds is 6. The number of hydrogen-bond donors (Lipinski definition) is 2. The molecule has 1 saturated carbocycles. The van der Waals surface area contributed by atoms with E-state index >= 15 is 0 Å². The SMILES string of the molecule is CCOC1CC(N)C1Nc1nc(C)cc(OC(C)C)n1. The molecule has 20 heavy (non-hydrogen) atoms. The zero-order chi connectivity index (χ0) is 14.7. The van der Waals surface area contributed by atoms with Crippen molar-refractivity contribution in [1.29, 1.82) is 0 Å². The highest BCUT2D eigenvalue weighted by Crippen LogP contribution is 2.26. The molecule has 6 heteroatoms. The standard InChI is InChI=1S/C14H24N4O2/c1-5-19-11-7-10(15)13(11)18-14-16-9(4)6-12(17-14)20-8(2)3/h6,8,10-11,13H,5,7,15H2,1-4H3,(H,16,17,18). The summed E-state index contributed by atoms with van der Waals surface area (Å²) in [6.45, 7) is 8.53. The molecule has 3 atom stereocenters. The summed E-state index contributed by atoms with van der Waals surface area (Å²) in [5.41, 5.74) is 6.88. The lowest BCUT2D eigenvalue weighted by Crippen LogP contribution is -2.60. The van der Waals surface area contributed by atoms with Gasteiger partial charge in [-0.2, -0.15) is 4.98 Å². The Morgan fingerprint density at radius 2 is 2.20 bits per heavy atom. The number of aromatic nitrogens is 2. The van der Waals surface area contributed by atoms with Gasteiger partial charge in [0.15, 0.2) is 0 Å². The quantitative estimate of drug-likeness (QED) is 0.821. The first-order valence-corrected chi connectivity index (χ1v) is 7.15. The van der Waals surface area contributed by atoms with Crippen LogP contribution >= 0.6 is 0 Å². The number of ether oxygens (including phenoxy) is 2. The molecule has 1 aliphatic rings. The molecule has 0 saturated heterocycles. The van der Waals surface area contributed by atoms with Crippen molar-refractivity contribution < 1.29 is 9.47 Å². The molecule has 1 aromatic heterocycles. The molecular weight excluding hydrogens is 256 g/mol. The molecule has 1 heterocycles. The van der Waals surface area contributed by atoms with E-state index in [1.54, 1.807) is 0 Å². The van der Waals surface area contributed by atoms with E-state index in [0.29, 0.717) is 18.4 Å². The van der Waals surface area contributed by atoms with Gasteiger partial charge in [0, 0.05) is 24.4 Å². The van der Waals surface area contributed by atoms with Crippen molar-refractivity contribution in [3.8, 4) is 5.88 Å². The monoisotopic (exact) mass is 280 g/mol. The van der Waals surface area contributed by atoms with Crippen LogP contribution in [0.1, 0.15) is 32.9 Å². The largest absolute Gasteiger partial charge is 0.475 e. The van der Waals surface area contributed by atoms with Crippen molar-refractivity contribution in [2.75, 3.05) is 11.9 Å². The minimum Gasteiger partial charge on any atom is -0.475 e. The molecule has 2 rings (SSSR count). The van der Waals surface area contributed by atoms with Crippen molar-refractivity contribution in [2.45, 2.75) is 58.4 Å². The van der Waals surface area contributed by atoms with Gasteiger partial charge in [-0.3, -0.25) is 0 Å². The lowest BCUT2D eigenvalue weighted by Gasteiger charge is -2.42. The van der Waals surface area contributed by atoms with E-state index < -0.39 is 0 Å². The van der Waals surface area contributed by atoms with Crippen LogP contribution in [0.25, 0.3) is 0 Å². The summed E-state index contributed by atoms with van der Waals surface area (Å²) < 4.78 is 11.2. The first kappa shape index (κ1) is 15.0. The highest BCUT2D eigenvalue weighted by molar-refractivity contribution is 5.34. The third kappa shape index (κ3) is 3.58. The van der Waals surface area contributed by atoms with Crippen LogP contribution in [0.15, 0.2) is 6.07 Å². The van der Waals surface area contributed by atoms with Crippen molar-refractivity contribution >= 4 is 5.95 Å². The molecule has 6 nitrogen and oxygen atoms in total. The highest BCUT2D eigenvalue weighted by Gasteiger charge is 2.39. The molecule has 0 radical (unpaired) electrons. The van der Waals surface area contributed by atoms with Gasteiger partial charge in [-0.1, -0.05) is 0 Å². The summed E-state index contributed by atoms with van der Waals surface area (Å²) in [5, 5.41) is 3.27. The molecule has 112 valence electrons. The number of nitrogens with zero attached hydrogens (tertiary/aromatic N) is 2. The van der Waals surface area contributed by atoms with E-state index in [4.69, 9.17) is 15.2 Å². The fraction of sp³-hybridized carbons (Fsp3) is 0.714. The first-order chi connectivity index (χ1) is 9.49. The number of hydrogen-bond acceptors (Lipinski definition) is 6. The minimum absolute atomic E-state index is 0.0589. The average Bonchev–Trinajstić information content (AvgIpc) is 2.34. The molecule has 0 spiro atoms. The second kappa shape index (κ2) is 6.37. The number of nitrogens with two attached hydrogens (primary N) is 1. The van der Waals surface area contributed by atoms with Crippen LogP contribution in [0.3, 0.4) is 0 Å². The summed E-state index contributed by atoms with van der Waals surface area (Å²) >= 11 is 0. The van der Waals surface area contributed by atoms with Crippen molar-refractivity contribution in [2.24, 2.45) is 5.73 Å². The van der Waals surface area contributed by atoms with Crippen LogP contribution in [0.2, 0.25) is 0 Å². The Morgan fingerprint density at radius 3 is 2.80 bits per heavy atom. The normalized spacial score (nSPS) is 25.4. The zero-order valence-corrected chi connectivity index (χ0v) is 12.6. The van der Waals surface area contributed by atoms with Gasteiger partial charge in [-0.25, -0.2) is 4.98 Å². The molecule has 0 amide bonds. The Morgan fingerprint density at radius 1 is 1.45 bits per heavy atom. The zero-order valence-electron chi connectivity index (χ0n) is 12.6. The van der Waals surface area contributed by atoms with Gasteiger partial charge in [0.05, 0.1) is 18.2 Å². The Labute approximate surface area is 120 Å². The fourth-order valence-corrected chi connectivity index (χ4v) is 2.28. The number of nitrogens with one attached hydrogen (secondary N) is 1. The molecule has 3 unspecified atom stereocenters. The van der Waals surface area contributed by atoms with E-state index in [-0.39, 0.29) is 24.3 Å². The maximum atomic E-state index is 6.02. The third-order valence-electron chi connectivity index (χ3n) is 3.23. The summed E-state index contributed by atoms with van der Waals surface area (Å²) in [4.78, 5) is 8.75. The smallest absolute Gasteiger partial charge is 0.226 e. The summed E-state index contributed by atoms with van der Waals surface area (Å²) in [6.07, 6.45) is 1.08. The Hall–Kier alpha value is -1.40. The predicted molar refractivity (Wildman–Crippen MR) is 78.0 cm³/mol. The van der Waals surface area contributed by atoms with Crippen LogP contribution < -0.4 is 15.8 Å². The third-order valence-corrected chi connectivity index (χ3v) is 3.23. The minimum atomic E-state index is 0.0589. The van der Waals surface area contributed by atoms with Gasteiger partial charge in [-0.15, -0.1) is 0 Å². The molecule has 3 N–H and O–H groups in total. The lowest BCUT2D eigenvalue weighted by atomic mass is 9.83. The van der Waals surface area contributed by atoms with Crippen molar-refractivity contribution in [3.05, 3.63) is 11.8 Å². The van der Waals surface area contributed by atoms with Gasteiger partial charge >= 0.3 is 0 Å². The molecule has 1 aromatic rings. The van der Waals surface area contributed by atoms with Gasteiger partial charge in [-0.05, 0) is 34.1 Å². The van der Waals surface area contributed by atoms with E-state index in [0.717, 1.165) is 12.1 Å². The Balaban J connectivity index is 2.06. The molecule has 0 aromatic carbocycles. The Bertz CT molecular complexity index is 451. The van der Waals surface area contributed by atoms with Crippen molar-refractivity contribution in [1.82, 2.24) is 9.97 Å². The van der Waals surface area contributed by atoms with Gasteiger partial charge in [0.1, 0.15) is 0 Å². The first-order valence-electron chi connectivity index (χ1n) is 7.15. The van der Waals surface area contributed by atoms with Gasteiger partial charge in [0.2, 0.25) is 11.8 Å². The molecule has 1 fully saturated rings. The predicted octanol–water partition coefficient (Wildman–Crippen LogP) is 1.49. The van der Waals surface area contributed by atoms with E-state index in [9.17, 15) is 0 Å². The maximum absolute atomic E-state index is 6.02. The van der Waals surface area contributed by atoms with Crippen LogP contribution in [-0.4, -0.2) is 40.9 Å². The second-order valence-electron chi connectivity index (χ2n) is 5.40. The van der Waals surface area contributed by atoms with E-state index in [2.05, 4.69) is 15.3 Å². The van der Waals surface area contributed by atoms with Crippen LogP contribution in [0.5, 0.6) is 5.88 Å². The van der Waals surface area contributed by atoms with Crippen LogP contribution in [-0.2, 0) is 4.74 Å². The molecule has 0 aliphatic heterocycles. The summed E-state index contributed by atoms with van der Waals surface area (Å²) in [6, 6.07) is 1.96. The second-order valence-corrected chi connectivity index (χ2v) is 5.40. The fourth-order valence-electron chi connectivity index (χ4n) is 2.28. The highest BCUT2D eigenvalue weighted by atomic mass is 16.5. The molecule has 0 bridgehead atoms. The lowest BCUT2D eigenvalue weighted by molar-refractivity contribution is -0.0128. The van der Waals surface area contributed by atoms with Gasteiger partial charge < -0.3 is 20.5 Å². The van der Waals surface area contributed by atoms with E-state index in [1.165, 1.54) is 0 Å². The molecular formula is C14H24N4O2. The topological polar surface area (TPSA) is 82.3 Å². The summed E-state index contributed by atoms with van der Waals surface area (Å²) in [7, 11) is 0. The van der Waals surface area contributed by atoms with Crippen molar-refractivity contribution in [3.63, 3.8) is 0 Å². The maximum Gasteiger partial charge on any atom is 0.226 e. The average molecular weight is 280 g/mol. The van der Waals surface area contributed by atoms with Crippen LogP contribution in [0, 0.1) is 6.92 Å².